The van der Waals surface area contributed by atoms with Crippen LogP contribution in [0.25, 0.3) is 0 Å². The Labute approximate surface area is 91.0 Å². The number of rotatable bonds is 4. The van der Waals surface area contributed by atoms with E-state index >= 15 is 0 Å². The molecule has 0 aliphatic heterocycles. The summed E-state index contributed by atoms with van der Waals surface area (Å²) in [4.78, 5) is 20.9. The van der Waals surface area contributed by atoms with Crippen molar-refractivity contribution in [3.63, 3.8) is 0 Å². The summed E-state index contributed by atoms with van der Waals surface area (Å²) in [7, 11) is 0. The van der Waals surface area contributed by atoms with Gasteiger partial charge < -0.3 is 4.74 Å². The minimum Gasteiger partial charge on any atom is -0.494 e. The van der Waals surface area contributed by atoms with Gasteiger partial charge >= 0.3 is 0 Å². The number of ether oxygens (including phenoxy) is 1. The van der Waals surface area contributed by atoms with Gasteiger partial charge in [-0.15, -0.1) is 0 Å². The monoisotopic (exact) mass is 227 g/mol. The minimum absolute atomic E-state index is 0.0386. The summed E-state index contributed by atoms with van der Waals surface area (Å²) >= 11 is 0. The fourth-order valence-corrected chi connectivity index (χ4v) is 1.31. The fraction of sp³-hybridized carbons (Fsp3) is 0.300. The lowest BCUT2D eigenvalue weighted by atomic mass is 10.1. The van der Waals surface area contributed by atoms with Gasteiger partial charge in [0.25, 0.3) is 5.69 Å². The summed E-state index contributed by atoms with van der Waals surface area (Å²) in [5.74, 6) is -1.59. The molecule has 6 heteroatoms. The summed E-state index contributed by atoms with van der Waals surface area (Å²) in [6.07, 6.45) is 0. The van der Waals surface area contributed by atoms with Crippen molar-refractivity contribution in [3.8, 4) is 5.75 Å². The average molecular weight is 227 g/mol. The number of nitrogens with zero attached hydrogens (tertiary/aromatic N) is 1. The third-order valence-electron chi connectivity index (χ3n) is 1.90. The average Bonchev–Trinajstić information content (AvgIpc) is 2.16. The van der Waals surface area contributed by atoms with Gasteiger partial charge in [-0.1, -0.05) is 0 Å². The van der Waals surface area contributed by atoms with Crippen LogP contribution in [0.15, 0.2) is 12.1 Å². The number of benzene rings is 1. The van der Waals surface area contributed by atoms with Gasteiger partial charge in [0, 0.05) is 6.07 Å². The van der Waals surface area contributed by atoms with E-state index in [1.54, 1.807) is 6.92 Å². The van der Waals surface area contributed by atoms with E-state index in [2.05, 4.69) is 0 Å². The van der Waals surface area contributed by atoms with Gasteiger partial charge in [0.15, 0.2) is 5.78 Å². The number of carbonyl (C=O) groups is 1. The molecular weight excluding hydrogens is 217 g/mol. The van der Waals surface area contributed by atoms with Crippen molar-refractivity contribution in [3.05, 3.63) is 33.6 Å². The van der Waals surface area contributed by atoms with E-state index in [4.69, 9.17) is 4.74 Å². The third kappa shape index (κ3) is 2.33. The molecule has 5 nitrogen and oxygen atoms in total. The first kappa shape index (κ1) is 12.1. The quantitative estimate of drug-likeness (QED) is 0.449. The molecule has 1 aromatic carbocycles. The number of halogens is 1. The highest BCUT2D eigenvalue weighted by molar-refractivity contribution is 5.98. The van der Waals surface area contributed by atoms with Gasteiger partial charge in [-0.05, 0) is 13.8 Å². The molecule has 16 heavy (non-hydrogen) atoms. The molecule has 0 bridgehead atoms. The lowest BCUT2D eigenvalue weighted by molar-refractivity contribution is -0.385. The maximum absolute atomic E-state index is 13.4. The number of carbonyl (C=O) groups excluding carboxylic acids is 1. The molecule has 86 valence electrons. The lowest BCUT2D eigenvalue weighted by Crippen LogP contribution is -2.05. The molecule has 0 radical (unpaired) electrons. The first-order chi connectivity index (χ1) is 7.47. The SMILES string of the molecule is CCOc1cc(F)c(C(C)=O)c([N+](=O)[O-])c1. The molecule has 0 atom stereocenters. The summed E-state index contributed by atoms with van der Waals surface area (Å²) in [6, 6.07) is 2.01. The second-order valence-electron chi connectivity index (χ2n) is 3.05. The normalized spacial score (nSPS) is 9.94. The highest BCUT2D eigenvalue weighted by atomic mass is 19.1. The number of nitro groups is 1. The van der Waals surface area contributed by atoms with Crippen LogP contribution in [0.1, 0.15) is 24.2 Å². The molecular formula is C10H10FNO4. The van der Waals surface area contributed by atoms with E-state index < -0.39 is 27.8 Å². The first-order valence-electron chi connectivity index (χ1n) is 4.59. The van der Waals surface area contributed by atoms with Crippen molar-refractivity contribution >= 4 is 11.5 Å². The summed E-state index contributed by atoms with van der Waals surface area (Å²) in [6.45, 7) is 3.00. The molecule has 0 spiro atoms. The van der Waals surface area contributed by atoms with E-state index in [9.17, 15) is 19.3 Å². The second-order valence-corrected chi connectivity index (χ2v) is 3.05. The maximum Gasteiger partial charge on any atom is 0.286 e. The van der Waals surface area contributed by atoms with E-state index in [0.29, 0.717) is 0 Å². The van der Waals surface area contributed by atoms with Crippen LogP contribution < -0.4 is 4.74 Å². The Morgan fingerprint density at radius 1 is 1.56 bits per heavy atom. The zero-order chi connectivity index (χ0) is 12.3. The lowest BCUT2D eigenvalue weighted by Gasteiger charge is -2.05. The molecule has 0 aromatic heterocycles. The maximum atomic E-state index is 13.4. The van der Waals surface area contributed by atoms with Gasteiger partial charge in [-0.2, -0.15) is 0 Å². The Morgan fingerprint density at radius 2 is 2.19 bits per heavy atom. The molecule has 1 aromatic rings. The molecule has 1 rings (SSSR count). The zero-order valence-corrected chi connectivity index (χ0v) is 8.82. The van der Waals surface area contributed by atoms with E-state index in [1.807, 2.05) is 0 Å². The standard InChI is InChI=1S/C10H10FNO4/c1-3-16-7-4-8(11)10(6(2)13)9(5-7)12(14)15/h4-5H,3H2,1-2H3. The molecule has 0 fully saturated rings. The summed E-state index contributed by atoms with van der Waals surface area (Å²) in [5, 5.41) is 10.7. The van der Waals surface area contributed by atoms with Crippen molar-refractivity contribution in [1.82, 2.24) is 0 Å². The van der Waals surface area contributed by atoms with E-state index in [1.165, 1.54) is 0 Å². The van der Waals surface area contributed by atoms with Crippen LogP contribution in [0, 0.1) is 15.9 Å². The number of hydrogen-bond acceptors (Lipinski definition) is 4. The van der Waals surface area contributed by atoms with Crippen molar-refractivity contribution in [1.29, 1.82) is 0 Å². The molecule has 0 N–H and O–H groups in total. The number of nitro benzene ring substituents is 1. The van der Waals surface area contributed by atoms with Gasteiger partial charge in [-0.3, -0.25) is 14.9 Å². The molecule has 0 saturated heterocycles. The van der Waals surface area contributed by atoms with Crippen LogP contribution in [0.5, 0.6) is 5.75 Å². The molecule has 0 saturated carbocycles. The first-order valence-corrected chi connectivity index (χ1v) is 4.59. The van der Waals surface area contributed by atoms with Crippen molar-refractivity contribution in [2.75, 3.05) is 6.61 Å². The minimum atomic E-state index is -0.940. The highest BCUT2D eigenvalue weighted by Crippen LogP contribution is 2.28. The van der Waals surface area contributed by atoms with Gasteiger partial charge in [-0.25, -0.2) is 4.39 Å². The number of hydrogen-bond donors (Lipinski definition) is 0. The topological polar surface area (TPSA) is 69.4 Å². The Balaban J connectivity index is 3.39. The molecule has 0 unspecified atom stereocenters. The fourth-order valence-electron chi connectivity index (χ4n) is 1.31. The molecule has 0 aliphatic rings. The van der Waals surface area contributed by atoms with Crippen LogP contribution >= 0.6 is 0 Å². The molecule has 0 heterocycles. The molecule has 0 aliphatic carbocycles. The number of Topliss-reactive ketones (excluding diaryl/α,β-unsaturated/α-hetero) is 1. The second kappa shape index (κ2) is 4.69. The predicted octanol–water partition coefficient (Wildman–Crippen LogP) is 2.34. The van der Waals surface area contributed by atoms with Gasteiger partial charge in [0.1, 0.15) is 17.1 Å². The van der Waals surface area contributed by atoms with Crippen LogP contribution in [0.3, 0.4) is 0 Å². The van der Waals surface area contributed by atoms with Crippen molar-refractivity contribution in [2.45, 2.75) is 13.8 Å². The Kier molecular flexibility index (Phi) is 3.55. The Bertz CT molecular complexity index is 445. The van der Waals surface area contributed by atoms with Crippen molar-refractivity contribution < 1.29 is 18.8 Å². The largest absolute Gasteiger partial charge is 0.494 e. The highest BCUT2D eigenvalue weighted by Gasteiger charge is 2.23. The van der Waals surface area contributed by atoms with Crippen LogP contribution in [-0.4, -0.2) is 17.3 Å². The zero-order valence-electron chi connectivity index (χ0n) is 8.82. The predicted molar refractivity (Wildman–Crippen MR) is 54.2 cm³/mol. The molecule has 0 amide bonds. The Morgan fingerprint density at radius 3 is 2.62 bits per heavy atom. The van der Waals surface area contributed by atoms with Crippen LogP contribution in [0.4, 0.5) is 10.1 Å². The third-order valence-corrected chi connectivity index (χ3v) is 1.90. The van der Waals surface area contributed by atoms with E-state index in [-0.39, 0.29) is 12.4 Å². The number of ketones is 1. The summed E-state index contributed by atoms with van der Waals surface area (Å²) < 4.78 is 18.4. The van der Waals surface area contributed by atoms with Gasteiger partial charge in [0.2, 0.25) is 0 Å². The van der Waals surface area contributed by atoms with Crippen LogP contribution in [0.2, 0.25) is 0 Å². The Hall–Kier alpha value is -1.98. The van der Waals surface area contributed by atoms with E-state index in [0.717, 1.165) is 19.1 Å². The smallest absolute Gasteiger partial charge is 0.286 e. The van der Waals surface area contributed by atoms with Crippen molar-refractivity contribution in [2.24, 2.45) is 0 Å². The summed E-state index contributed by atoms with van der Waals surface area (Å²) in [5.41, 5.74) is -1.09. The van der Waals surface area contributed by atoms with Crippen LogP contribution in [-0.2, 0) is 0 Å². The van der Waals surface area contributed by atoms with Gasteiger partial charge in [0.05, 0.1) is 17.6 Å².